The highest BCUT2D eigenvalue weighted by Gasteiger charge is 2.43. The Balaban J connectivity index is 0.000000283. The van der Waals surface area contributed by atoms with Crippen molar-refractivity contribution in [1.29, 1.82) is 5.26 Å². The normalized spacial score (nSPS) is 25.8. The molecule has 1 saturated heterocycles. The number of aromatic nitrogens is 10. The summed E-state index contributed by atoms with van der Waals surface area (Å²) in [5, 5.41) is 35.3. The van der Waals surface area contributed by atoms with Crippen LogP contribution in [0.2, 0.25) is 0 Å². The minimum absolute atomic E-state index is 0.0607. The number of rotatable bonds is 6. The third-order valence-corrected chi connectivity index (χ3v) is 11.3. The van der Waals surface area contributed by atoms with Gasteiger partial charge in [-0.2, -0.15) is 5.26 Å². The zero-order valence-corrected chi connectivity index (χ0v) is 28.3. The number of hydrogen-bond acceptors (Lipinski definition) is 9. The number of amides is 1. The van der Waals surface area contributed by atoms with E-state index >= 15 is 0 Å². The third-order valence-electron chi connectivity index (χ3n) is 11.3. The van der Waals surface area contributed by atoms with Gasteiger partial charge in [-0.15, -0.1) is 20.4 Å². The summed E-state index contributed by atoms with van der Waals surface area (Å²) in [6.07, 6.45) is 14.6. The quantitative estimate of drug-likeness (QED) is 0.197. The number of hydrogen-bond donors (Lipinski definition) is 3. The van der Waals surface area contributed by atoms with Gasteiger partial charge in [0.2, 0.25) is 0 Å². The van der Waals surface area contributed by atoms with Crippen molar-refractivity contribution in [2.75, 3.05) is 13.1 Å². The number of likely N-dealkylation sites (tertiary alicyclic amines) is 1. The Morgan fingerprint density at radius 3 is 1.78 bits per heavy atom. The largest absolute Gasteiger partial charge is 0.465 e. The van der Waals surface area contributed by atoms with E-state index in [1.165, 1.54) is 4.90 Å². The Labute approximate surface area is 288 Å². The lowest BCUT2D eigenvalue weighted by atomic mass is 9.93. The number of nitrogens with one attached hydrogen (secondary N) is 2. The van der Waals surface area contributed by atoms with Crippen LogP contribution < -0.4 is 0 Å². The van der Waals surface area contributed by atoms with Gasteiger partial charge < -0.3 is 24.7 Å². The maximum absolute atomic E-state index is 10.4. The van der Waals surface area contributed by atoms with Crippen LogP contribution in [0.4, 0.5) is 4.79 Å². The van der Waals surface area contributed by atoms with E-state index in [1.54, 1.807) is 12.4 Å². The Hall–Kier alpha value is -5.10. The summed E-state index contributed by atoms with van der Waals surface area (Å²) in [6.45, 7) is 5.58. The summed E-state index contributed by atoms with van der Waals surface area (Å²) in [7, 11) is 0. The Kier molecular flexibility index (Phi) is 8.55. The molecule has 15 heteroatoms. The molecule has 50 heavy (non-hydrogen) atoms. The fourth-order valence-corrected chi connectivity index (χ4v) is 8.65. The number of aromatic amines is 2. The topological polar surface area (TPSA) is 191 Å². The van der Waals surface area contributed by atoms with Crippen molar-refractivity contribution >= 4 is 39.7 Å². The van der Waals surface area contributed by atoms with Gasteiger partial charge in [0.05, 0.1) is 41.7 Å². The summed E-state index contributed by atoms with van der Waals surface area (Å²) in [5.41, 5.74) is 5.38. The van der Waals surface area contributed by atoms with Crippen molar-refractivity contribution in [3.63, 3.8) is 0 Å². The van der Waals surface area contributed by atoms with Crippen molar-refractivity contribution in [2.24, 2.45) is 17.8 Å². The van der Waals surface area contributed by atoms with E-state index < -0.39 is 6.09 Å². The van der Waals surface area contributed by atoms with Gasteiger partial charge in [-0.1, -0.05) is 26.7 Å². The van der Waals surface area contributed by atoms with Crippen LogP contribution in [-0.4, -0.2) is 90.5 Å². The summed E-state index contributed by atoms with van der Waals surface area (Å²) in [4.78, 5) is 27.2. The van der Waals surface area contributed by atoms with Crippen LogP contribution in [-0.2, 0) is 4.74 Å². The maximum atomic E-state index is 10.4. The Morgan fingerprint density at radius 2 is 1.34 bits per heavy atom. The van der Waals surface area contributed by atoms with Gasteiger partial charge in [0.15, 0.2) is 22.6 Å². The standard InChI is InChI=1S/C28H32N10O.C7H10N2O2/c1-3-15-9-17(11-19(15)27-35-33-23-13-31-25-21(37(23)27)5-7-29-25)39-18-10-16(4-2)20(12-18)28-36-34-24-14-32-26-22(38(24)28)6-8-30-26;8-5-6-1-3-9(4-2-6)7(10)11/h5-8,13-20,29-30H,3-4,9-12H2,1-2H3;6H,1-4H2,(H,10,11)/t15-,16-,17+,18+,19+,20+;/m1./s1. The third kappa shape index (κ3) is 5.70. The van der Waals surface area contributed by atoms with Crippen molar-refractivity contribution < 1.29 is 14.6 Å². The second-order valence-corrected chi connectivity index (χ2v) is 14.0. The first-order chi connectivity index (χ1) is 24.4. The smallest absolute Gasteiger partial charge is 0.407 e. The molecule has 6 aromatic rings. The summed E-state index contributed by atoms with van der Waals surface area (Å²) >= 11 is 0. The SMILES string of the molecule is CC[C@@H]1C[C@H](O[C@H]2C[C@@H](CC)[C@@H](c3nnc4cnc5[nH]ccc5n34)C2)C[C@@H]1c1nnc2cnc3[nH]ccc3n12.N#CC1CCN(C(=O)O)CC1. The van der Waals surface area contributed by atoms with Crippen LogP contribution >= 0.6 is 0 Å². The van der Waals surface area contributed by atoms with Crippen LogP contribution in [0.3, 0.4) is 0 Å². The molecular weight excluding hydrogens is 636 g/mol. The van der Waals surface area contributed by atoms with Gasteiger partial charge in [0.25, 0.3) is 0 Å². The highest BCUT2D eigenvalue weighted by molar-refractivity contribution is 5.75. The lowest BCUT2D eigenvalue weighted by molar-refractivity contribution is -0.00877. The number of ether oxygens (including phenoxy) is 1. The van der Waals surface area contributed by atoms with E-state index in [2.05, 4.69) is 81.2 Å². The van der Waals surface area contributed by atoms with Crippen LogP contribution in [0.5, 0.6) is 0 Å². The molecule has 9 rings (SSSR count). The predicted molar refractivity (Wildman–Crippen MR) is 183 cm³/mol. The molecule has 3 fully saturated rings. The molecule has 1 amide bonds. The molecule has 6 aromatic heterocycles. The predicted octanol–water partition coefficient (Wildman–Crippen LogP) is 5.69. The van der Waals surface area contributed by atoms with Gasteiger partial charge in [-0.25, -0.2) is 14.8 Å². The first kappa shape index (κ1) is 32.1. The number of nitriles is 1. The molecule has 3 aliphatic rings. The molecule has 1 aliphatic heterocycles. The highest BCUT2D eigenvalue weighted by Crippen LogP contribution is 2.47. The number of carbonyl (C=O) groups is 1. The summed E-state index contributed by atoms with van der Waals surface area (Å²) < 4.78 is 11.3. The Morgan fingerprint density at radius 1 is 0.840 bits per heavy atom. The minimum Gasteiger partial charge on any atom is -0.465 e. The molecule has 6 atom stereocenters. The molecular formula is C35H42N12O3. The van der Waals surface area contributed by atoms with Crippen molar-refractivity contribution in [3.05, 3.63) is 48.6 Å². The molecule has 260 valence electrons. The van der Waals surface area contributed by atoms with E-state index in [4.69, 9.17) is 15.1 Å². The van der Waals surface area contributed by atoms with E-state index in [9.17, 15) is 4.79 Å². The van der Waals surface area contributed by atoms with Gasteiger partial charge in [-0.05, 0) is 62.5 Å². The monoisotopic (exact) mass is 678 g/mol. The average Bonchev–Trinajstić information content (AvgIpc) is 3.98. The number of H-pyrrole nitrogens is 2. The highest BCUT2D eigenvalue weighted by atomic mass is 16.5. The lowest BCUT2D eigenvalue weighted by Crippen LogP contribution is -2.37. The summed E-state index contributed by atoms with van der Waals surface area (Å²) in [6, 6.07) is 6.26. The molecule has 15 nitrogen and oxygen atoms in total. The van der Waals surface area contributed by atoms with Crippen LogP contribution in [0, 0.1) is 29.1 Å². The molecule has 7 heterocycles. The molecule has 0 bridgehead atoms. The summed E-state index contributed by atoms with van der Waals surface area (Å²) in [5.74, 6) is 3.77. The molecule has 2 saturated carbocycles. The number of fused-ring (bicyclic) bond motifs is 6. The zero-order chi connectivity index (χ0) is 34.4. The van der Waals surface area contributed by atoms with E-state index in [0.29, 0.717) is 49.6 Å². The van der Waals surface area contributed by atoms with E-state index in [0.717, 1.165) is 83.8 Å². The Bertz CT molecular complexity index is 2040. The number of nitrogens with zero attached hydrogens (tertiary/aromatic N) is 10. The van der Waals surface area contributed by atoms with Gasteiger partial charge >= 0.3 is 6.09 Å². The van der Waals surface area contributed by atoms with E-state index in [1.807, 2.05) is 12.4 Å². The van der Waals surface area contributed by atoms with Crippen LogP contribution in [0.1, 0.15) is 88.7 Å². The minimum atomic E-state index is -0.874. The fraction of sp³-hybridized carbons (Fsp3) is 0.543. The fourth-order valence-electron chi connectivity index (χ4n) is 8.65. The van der Waals surface area contributed by atoms with Gasteiger partial charge in [0.1, 0.15) is 11.6 Å². The lowest BCUT2D eigenvalue weighted by Gasteiger charge is -2.26. The average molecular weight is 679 g/mol. The van der Waals surface area contributed by atoms with Crippen molar-refractivity contribution in [3.8, 4) is 6.07 Å². The van der Waals surface area contributed by atoms with Crippen molar-refractivity contribution in [1.82, 2.24) is 54.0 Å². The van der Waals surface area contributed by atoms with Gasteiger partial charge in [0, 0.05) is 43.2 Å². The van der Waals surface area contributed by atoms with Gasteiger partial charge in [-0.3, -0.25) is 8.80 Å². The second kappa shape index (κ2) is 13.3. The zero-order valence-electron chi connectivity index (χ0n) is 28.3. The first-order valence-electron chi connectivity index (χ1n) is 17.8. The first-order valence-corrected chi connectivity index (χ1v) is 17.8. The molecule has 0 radical (unpaired) electrons. The maximum Gasteiger partial charge on any atom is 0.407 e. The second-order valence-electron chi connectivity index (χ2n) is 14.0. The number of carboxylic acid groups (broad SMARTS) is 1. The molecule has 0 unspecified atom stereocenters. The number of piperidine rings is 1. The molecule has 2 aliphatic carbocycles. The molecule has 3 N–H and O–H groups in total. The van der Waals surface area contributed by atoms with Crippen LogP contribution in [0.15, 0.2) is 36.9 Å². The van der Waals surface area contributed by atoms with Crippen LogP contribution in [0.25, 0.3) is 33.6 Å². The molecule has 0 spiro atoms. The van der Waals surface area contributed by atoms with E-state index in [-0.39, 0.29) is 18.1 Å². The van der Waals surface area contributed by atoms with Crippen molar-refractivity contribution in [2.45, 2.75) is 89.3 Å². The molecule has 0 aromatic carbocycles.